The van der Waals surface area contributed by atoms with Crippen LogP contribution in [0, 0.1) is 5.92 Å². The Bertz CT molecular complexity index is 368. The van der Waals surface area contributed by atoms with Crippen molar-refractivity contribution >= 4 is 5.82 Å². The molecule has 0 spiro atoms. The molecule has 0 radical (unpaired) electrons. The third-order valence-corrected chi connectivity index (χ3v) is 3.33. The van der Waals surface area contributed by atoms with Crippen LogP contribution in [0.1, 0.15) is 12.1 Å². The summed E-state index contributed by atoms with van der Waals surface area (Å²) in [5, 5.41) is 0. The van der Waals surface area contributed by atoms with Crippen LogP contribution in [0.3, 0.4) is 0 Å². The molecule has 1 aromatic rings. The van der Waals surface area contributed by atoms with Crippen molar-refractivity contribution in [2.24, 2.45) is 11.7 Å². The minimum absolute atomic E-state index is 0.443. The quantitative estimate of drug-likeness (QED) is 0.814. The van der Waals surface area contributed by atoms with Crippen LogP contribution in [0.5, 0.6) is 0 Å². The summed E-state index contributed by atoms with van der Waals surface area (Å²) >= 11 is 0. The van der Waals surface area contributed by atoms with Crippen molar-refractivity contribution in [2.45, 2.75) is 13.0 Å². The SMILES string of the molecule is CN1CCC(CN(C)c2nccnc2CN)C1. The van der Waals surface area contributed by atoms with Gasteiger partial charge in [0.25, 0.3) is 0 Å². The van der Waals surface area contributed by atoms with Crippen LogP contribution in [-0.2, 0) is 6.54 Å². The van der Waals surface area contributed by atoms with E-state index in [0.717, 1.165) is 24.0 Å². The molecule has 0 aromatic carbocycles. The highest BCUT2D eigenvalue weighted by atomic mass is 15.2. The molecule has 1 fully saturated rings. The Kier molecular flexibility index (Phi) is 3.91. The van der Waals surface area contributed by atoms with Gasteiger partial charge in [-0.1, -0.05) is 0 Å². The fourth-order valence-corrected chi connectivity index (χ4v) is 2.47. The lowest BCUT2D eigenvalue weighted by atomic mass is 10.1. The Hall–Kier alpha value is -1.20. The van der Waals surface area contributed by atoms with Crippen molar-refractivity contribution < 1.29 is 0 Å². The van der Waals surface area contributed by atoms with Gasteiger partial charge in [0.05, 0.1) is 5.69 Å². The molecule has 2 heterocycles. The van der Waals surface area contributed by atoms with Gasteiger partial charge >= 0.3 is 0 Å². The Morgan fingerprint density at radius 1 is 1.47 bits per heavy atom. The standard InChI is InChI=1S/C12H21N5/c1-16-6-3-10(8-16)9-17(2)12-11(7-13)14-4-5-15-12/h4-5,10H,3,6-9,13H2,1-2H3. The van der Waals surface area contributed by atoms with E-state index in [9.17, 15) is 0 Å². The number of hydrogen-bond acceptors (Lipinski definition) is 5. The first kappa shape index (κ1) is 12.3. The lowest BCUT2D eigenvalue weighted by molar-refractivity contribution is 0.395. The zero-order valence-electron chi connectivity index (χ0n) is 10.6. The number of likely N-dealkylation sites (tertiary alicyclic amines) is 1. The normalized spacial score (nSPS) is 20.8. The number of nitrogens with zero attached hydrogens (tertiary/aromatic N) is 4. The molecule has 1 aromatic heterocycles. The van der Waals surface area contributed by atoms with E-state index < -0.39 is 0 Å². The fraction of sp³-hybridized carbons (Fsp3) is 0.667. The summed E-state index contributed by atoms with van der Waals surface area (Å²) in [5.74, 6) is 1.64. The number of anilines is 1. The monoisotopic (exact) mass is 235 g/mol. The van der Waals surface area contributed by atoms with Crippen molar-refractivity contribution in [2.75, 3.05) is 38.6 Å². The summed E-state index contributed by atoms with van der Waals surface area (Å²) in [5.41, 5.74) is 6.56. The largest absolute Gasteiger partial charge is 0.358 e. The van der Waals surface area contributed by atoms with E-state index in [1.165, 1.54) is 19.5 Å². The summed E-state index contributed by atoms with van der Waals surface area (Å²) in [4.78, 5) is 13.2. The fourth-order valence-electron chi connectivity index (χ4n) is 2.47. The highest BCUT2D eigenvalue weighted by molar-refractivity contribution is 5.42. The second-order valence-electron chi connectivity index (χ2n) is 4.83. The Morgan fingerprint density at radius 2 is 2.24 bits per heavy atom. The van der Waals surface area contributed by atoms with Gasteiger partial charge in [0, 0.05) is 39.1 Å². The topological polar surface area (TPSA) is 58.3 Å². The second kappa shape index (κ2) is 5.42. The average molecular weight is 235 g/mol. The van der Waals surface area contributed by atoms with Crippen LogP contribution in [0.4, 0.5) is 5.82 Å². The van der Waals surface area contributed by atoms with E-state index in [1.54, 1.807) is 12.4 Å². The molecule has 5 nitrogen and oxygen atoms in total. The van der Waals surface area contributed by atoms with Crippen LogP contribution in [0.25, 0.3) is 0 Å². The number of aromatic nitrogens is 2. The second-order valence-corrected chi connectivity index (χ2v) is 4.83. The molecule has 0 amide bonds. The van der Waals surface area contributed by atoms with Gasteiger partial charge in [-0.3, -0.25) is 4.98 Å². The van der Waals surface area contributed by atoms with Crippen molar-refractivity contribution in [3.05, 3.63) is 18.1 Å². The highest BCUT2D eigenvalue weighted by Gasteiger charge is 2.22. The van der Waals surface area contributed by atoms with E-state index in [2.05, 4.69) is 33.9 Å². The third-order valence-electron chi connectivity index (χ3n) is 3.33. The first-order chi connectivity index (χ1) is 8.20. The number of hydrogen-bond donors (Lipinski definition) is 1. The van der Waals surface area contributed by atoms with E-state index in [-0.39, 0.29) is 0 Å². The molecule has 5 heteroatoms. The van der Waals surface area contributed by atoms with Crippen molar-refractivity contribution in [3.63, 3.8) is 0 Å². The molecule has 2 N–H and O–H groups in total. The molecular formula is C12H21N5. The van der Waals surface area contributed by atoms with Crippen LogP contribution in [-0.4, -0.2) is 48.6 Å². The molecule has 0 aliphatic carbocycles. The molecule has 2 rings (SSSR count). The van der Waals surface area contributed by atoms with Crippen molar-refractivity contribution in [1.82, 2.24) is 14.9 Å². The van der Waals surface area contributed by atoms with Gasteiger partial charge in [-0.05, 0) is 25.9 Å². The molecular weight excluding hydrogens is 214 g/mol. The summed E-state index contributed by atoms with van der Waals surface area (Å²) in [6.45, 7) is 3.83. The maximum atomic E-state index is 5.68. The van der Waals surface area contributed by atoms with Gasteiger partial charge in [-0.2, -0.15) is 0 Å². The highest BCUT2D eigenvalue weighted by Crippen LogP contribution is 2.19. The zero-order valence-corrected chi connectivity index (χ0v) is 10.6. The minimum Gasteiger partial charge on any atom is -0.358 e. The van der Waals surface area contributed by atoms with Crippen molar-refractivity contribution in [1.29, 1.82) is 0 Å². The lowest BCUT2D eigenvalue weighted by Gasteiger charge is -2.23. The van der Waals surface area contributed by atoms with Crippen molar-refractivity contribution in [3.8, 4) is 0 Å². The van der Waals surface area contributed by atoms with Gasteiger partial charge < -0.3 is 15.5 Å². The molecule has 1 aliphatic rings. The maximum Gasteiger partial charge on any atom is 0.151 e. The van der Waals surface area contributed by atoms with E-state index >= 15 is 0 Å². The third kappa shape index (κ3) is 2.92. The van der Waals surface area contributed by atoms with Crippen LogP contribution in [0.15, 0.2) is 12.4 Å². The van der Waals surface area contributed by atoms with E-state index in [4.69, 9.17) is 5.73 Å². The van der Waals surface area contributed by atoms with Crippen LogP contribution < -0.4 is 10.6 Å². The summed E-state index contributed by atoms with van der Waals surface area (Å²) in [6, 6.07) is 0. The zero-order chi connectivity index (χ0) is 12.3. The van der Waals surface area contributed by atoms with E-state index in [0.29, 0.717) is 6.54 Å². The average Bonchev–Trinajstić information content (AvgIpc) is 2.74. The smallest absolute Gasteiger partial charge is 0.151 e. The molecule has 1 aliphatic heterocycles. The minimum atomic E-state index is 0.443. The van der Waals surface area contributed by atoms with E-state index in [1.807, 2.05) is 0 Å². The van der Waals surface area contributed by atoms with Gasteiger partial charge in [-0.25, -0.2) is 4.98 Å². The maximum absolute atomic E-state index is 5.68. The first-order valence-electron chi connectivity index (χ1n) is 6.10. The van der Waals surface area contributed by atoms with Crippen LogP contribution >= 0.6 is 0 Å². The molecule has 1 saturated heterocycles. The first-order valence-corrected chi connectivity index (χ1v) is 6.10. The predicted octanol–water partition coefficient (Wildman–Crippen LogP) is 0.323. The number of nitrogens with two attached hydrogens (primary N) is 1. The lowest BCUT2D eigenvalue weighted by Crippen LogP contribution is -2.29. The Labute approximate surface area is 103 Å². The molecule has 0 bridgehead atoms. The van der Waals surface area contributed by atoms with Gasteiger partial charge in [0.15, 0.2) is 5.82 Å². The van der Waals surface area contributed by atoms with Crippen LogP contribution in [0.2, 0.25) is 0 Å². The Morgan fingerprint density at radius 3 is 2.88 bits per heavy atom. The molecule has 94 valence electrons. The van der Waals surface area contributed by atoms with Gasteiger partial charge in [-0.15, -0.1) is 0 Å². The van der Waals surface area contributed by atoms with Gasteiger partial charge in [0.1, 0.15) is 0 Å². The molecule has 1 unspecified atom stereocenters. The summed E-state index contributed by atoms with van der Waals surface area (Å²) < 4.78 is 0. The predicted molar refractivity (Wildman–Crippen MR) is 68.8 cm³/mol. The number of rotatable bonds is 4. The molecule has 1 atom stereocenters. The Balaban J connectivity index is 2.01. The molecule has 0 saturated carbocycles. The summed E-state index contributed by atoms with van der Waals surface area (Å²) in [7, 11) is 4.25. The van der Waals surface area contributed by atoms with Gasteiger partial charge in [0.2, 0.25) is 0 Å². The molecule has 17 heavy (non-hydrogen) atoms. The summed E-state index contributed by atoms with van der Waals surface area (Å²) in [6.07, 6.45) is 4.69.